The molecule has 0 saturated heterocycles. The van der Waals surface area contributed by atoms with Crippen molar-refractivity contribution < 1.29 is 4.39 Å². The van der Waals surface area contributed by atoms with Gasteiger partial charge in [0, 0.05) is 5.33 Å². The molecule has 0 spiro atoms. The summed E-state index contributed by atoms with van der Waals surface area (Å²) in [5, 5.41) is 0.741. The highest BCUT2D eigenvalue weighted by Crippen LogP contribution is 2.11. The molecular weight excluding hydrogens is 274 g/mol. The van der Waals surface area contributed by atoms with Crippen LogP contribution < -0.4 is 0 Å². The van der Waals surface area contributed by atoms with Crippen molar-refractivity contribution in [2.75, 3.05) is 5.33 Å². The minimum Gasteiger partial charge on any atom is -0.247 e. The molecule has 2 atom stereocenters. The predicted molar refractivity (Wildman–Crippen MR) is 42.2 cm³/mol. The molecule has 0 aliphatic rings. The largest absolute Gasteiger partial charge is 0.247 e. The molecule has 7 heavy (non-hydrogen) atoms. The standard InChI is InChI=1S/C4H7BrFI/c1-3(6)4(7)2-5/h3-4H,2H2,1H3. The van der Waals surface area contributed by atoms with Gasteiger partial charge in [-0.2, -0.15) is 0 Å². The molecule has 0 aliphatic carbocycles. The second-order valence-corrected chi connectivity index (χ2v) is 3.60. The fourth-order valence-electron chi connectivity index (χ4n) is 0.123. The van der Waals surface area contributed by atoms with Gasteiger partial charge in [-0.15, -0.1) is 0 Å². The molecule has 0 nitrogen and oxygen atoms in total. The van der Waals surface area contributed by atoms with Crippen LogP contribution in [0.1, 0.15) is 6.92 Å². The quantitative estimate of drug-likeness (QED) is 0.539. The second-order valence-electron chi connectivity index (χ2n) is 1.35. The third-order valence-electron chi connectivity index (χ3n) is 0.646. The lowest BCUT2D eigenvalue weighted by Crippen LogP contribution is -2.11. The SMILES string of the molecule is CC(F)C(I)CBr. The van der Waals surface area contributed by atoms with Crippen LogP contribution in [0.15, 0.2) is 0 Å². The van der Waals surface area contributed by atoms with E-state index in [1.165, 1.54) is 0 Å². The van der Waals surface area contributed by atoms with E-state index < -0.39 is 6.17 Å². The summed E-state index contributed by atoms with van der Waals surface area (Å²) in [5.41, 5.74) is 0. The van der Waals surface area contributed by atoms with Crippen LogP contribution in [0, 0.1) is 0 Å². The Kier molecular flexibility index (Phi) is 4.72. The van der Waals surface area contributed by atoms with Gasteiger partial charge in [0.25, 0.3) is 0 Å². The van der Waals surface area contributed by atoms with Gasteiger partial charge in [0.1, 0.15) is 6.17 Å². The number of halogens is 3. The molecule has 0 radical (unpaired) electrons. The minimum atomic E-state index is -0.694. The Labute approximate surface area is 65.1 Å². The minimum absolute atomic E-state index is 0.123. The molecule has 0 aliphatic heterocycles. The molecule has 0 saturated carbocycles. The third kappa shape index (κ3) is 3.70. The Morgan fingerprint density at radius 1 is 1.86 bits per heavy atom. The lowest BCUT2D eigenvalue weighted by Gasteiger charge is -2.03. The molecule has 0 bridgehead atoms. The van der Waals surface area contributed by atoms with Crippen molar-refractivity contribution in [3.8, 4) is 0 Å². The van der Waals surface area contributed by atoms with Crippen LogP contribution in [-0.4, -0.2) is 15.4 Å². The van der Waals surface area contributed by atoms with E-state index in [1.54, 1.807) is 6.92 Å². The topological polar surface area (TPSA) is 0 Å². The fraction of sp³-hybridized carbons (Fsp3) is 1.00. The van der Waals surface area contributed by atoms with Crippen molar-refractivity contribution in [1.29, 1.82) is 0 Å². The van der Waals surface area contributed by atoms with Crippen molar-refractivity contribution in [2.45, 2.75) is 17.0 Å². The summed E-state index contributed by atoms with van der Waals surface area (Å²) in [7, 11) is 0. The molecule has 0 aromatic carbocycles. The molecule has 0 amide bonds. The molecule has 2 unspecified atom stereocenters. The number of hydrogen-bond donors (Lipinski definition) is 0. The van der Waals surface area contributed by atoms with E-state index in [4.69, 9.17) is 0 Å². The molecule has 3 heteroatoms. The summed E-state index contributed by atoms with van der Waals surface area (Å²) in [5.74, 6) is 0. The zero-order chi connectivity index (χ0) is 5.86. The Bertz CT molecular complexity index is 49.0. The maximum Gasteiger partial charge on any atom is 0.110 e. The zero-order valence-corrected chi connectivity index (χ0v) is 7.74. The highest BCUT2D eigenvalue weighted by molar-refractivity contribution is 14.1. The van der Waals surface area contributed by atoms with E-state index in [1.807, 2.05) is 0 Å². The molecule has 0 heterocycles. The fourth-order valence-corrected chi connectivity index (χ4v) is 0.638. The molecule has 0 fully saturated rings. The van der Waals surface area contributed by atoms with Crippen LogP contribution in [0.4, 0.5) is 4.39 Å². The highest BCUT2D eigenvalue weighted by atomic mass is 127. The maximum absolute atomic E-state index is 12.1. The number of rotatable bonds is 2. The van der Waals surface area contributed by atoms with Crippen molar-refractivity contribution >= 4 is 38.5 Å². The van der Waals surface area contributed by atoms with Gasteiger partial charge in [0.05, 0.1) is 3.92 Å². The molecule has 0 aromatic rings. The van der Waals surface area contributed by atoms with Gasteiger partial charge in [0.15, 0.2) is 0 Å². The molecule has 0 N–H and O–H groups in total. The zero-order valence-electron chi connectivity index (χ0n) is 4.00. The molecule has 0 rings (SSSR count). The summed E-state index contributed by atoms with van der Waals surface area (Å²) < 4.78 is 12.2. The lowest BCUT2D eigenvalue weighted by atomic mass is 10.3. The summed E-state index contributed by atoms with van der Waals surface area (Å²) in [6.07, 6.45) is -0.694. The van der Waals surface area contributed by atoms with Gasteiger partial charge in [0.2, 0.25) is 0 Å². The Balaban J connectivity index is 3.14. The van der Waals surface area contributed by atoms with Crippen LogP contribution >= 0.6 is 38.5 Å². The van der Waals surface area contributed by atoms with Gasteiger partial charge in [-0.25, -0.2) is 4.39 Å². The van der Waals surface area contributed by atoms with Crippen molar-refractivity contribution in [3.63, 3.8) is 0 Å². The molecule has 0 aromatic heterocycles. The first-order valence-corrected chi connectivity index (χ1v) is 4.39. The van der Waals surface area contributed by atoms with Crippen molar-refractivity contribution in [3.05, 3.63) is 0 Å². The highest BCUT2D eigenvalue weighted by Gasteiger charge is 2.08. The van der Waals surface area contributed by atoms with Gasteiger partial charge in [-0.1, -0.05) is 38.5 Å². The predicted octanol–water partition coefficient (Wildman–Crippen LogP) is 2.54. The van der Waals surface area contributed by atoms with Gasteiger partial charge < -0.3 is 0 Å². The van der Waals surface area contributed by atoms with E-state index in [0.717, 1.165) is 5.33 Å². The first-order valence-electron chi connectivity index (χ1n) is 2.02. The molecule has 44 valence electrons. The third-order valence-corrected chi connectivity index (χ3v) is 3.99. The normalized spacial score (nSPS) is 18.9. The van der Waals surface area contributed by atoms with Crippen LogP contribution in [-0.2, 0) is 0 Å². The summed E-state index contributed by atoms with van der Waals surface area (Å²) in [4.78, 5) is 0. The average Bonchev–Trinajstić information content (AvgIpc) is 1.65. The van der Waals surface area contributed by atoms with E-state index in [-0.39, 0.29) is 3.92 Å². The number of alkyl halides is 3. The Hall–Kier alpha value is 1.14. The van der Waals surface area contributed by atoms with Gasteiger partial charge in [-0.05, 0) is 6.92 Å². The maximum atomic E-state index is 12.1. The second kappa shape index (κ2) is 4.06. The Morgan fingerprint density at radius 3 is 2.29 bits per heavy atom. The molecular formula is C4H7BrFI. The van der Waals surface area contributed by atoms with Crippen molar-refractivity contribution in [1.82, 2.24) is 0 Å². The summed E-state index contributed by atoms with van der Waals surface area (Å²) in [6.45, 7) is 1.57. The van der Waals surface area contributed by atoms with Crippen LogP contribution in [0.2, 0.25) is 0 Å². The lowest BCUT2D eigenvalue weighted by molar-refractivity contribution is 0.370. The first-order chi connectivity index (χ1) is 3.18. The van der Waals surface area contributed by atoms with Crippen LogP contribution in [0.5, 0.6) is 0 Å². The smallest absolute Gasteiger partial charge is 0.110 e. The average molecular weight is 281 g/mol. The van der Waals surface area contributed by atoms with E-state index in [0.29, 0.717) is 0 Å². The van der Waals surface area contributed by atoms with E-state index >= 15 is 0 Å². The van der Waals surface area contributed by atoms with Crippen molar-refractivity contribution in [2.24, 2.45) is 0 Å². The monoisotopic (exact) mass is 280 g/mol. The summed E-state index contributed by atoms with van der Waals surface area (Å²) >= 11 is 5.24. The van der Waals surface area contributed by atoms with Crippen LogP contribution in [0.25, 0.3) is 0 Å². The van der Waals surface area contributed by atoms with Crippen LogP contribution in [0.3, 0.4) is 0 Å². The summed E-state index contributed by atoms with van der Waals surface area (Å²) in [6, 6.07) is 0. The first kappa shape index (κ1) is 8.14. The number of hydrogen-bond acceptors (Lipinski definition) is 0. The van der Waals surface area contributed by atoms with Gasteiger partial charge >= 0.3 is 0 Å². The Morgan fingerprint density at radius 2 is 2.29 bits per heavy atom. The van der Waals surface area contributed by atoms with Gasteiger partial charge in [-0.3, -0.25) is 0 Å². The van der Waals surface area contributed by atoms with E-state index in [9.17, 15) is 4.39 Å². The van der Waals surface area contributed by atoms with E-state index in [2.05, 4.69) is 38.5 Å².